The van der Waals surface area contributed by atoms with Crippen LogP contribution < -0.4 is 10.6 Å². The molecule has 2 atom stereocenters. The Kier molecular flexibility index (Phi) is 4.88. The molecule has 0 bridgehead atoms. The van der Waals surface area contributed by atoms with Gasteiger partial charge in [-0.1, -0.05) is 18.1 Å². The lowest BCUT2D eigenvalue weighted by Gasteiger charge is -2.40. The van der Waals surface area contributed by atoms with Crippen molar-refractivity contribution in [3.8, 4) is 0 Å². The summed E-state index contributed by atoms with van der Waals surface area (Å²) in [5, 5.41) is 12.2. The van der Waals surface area contributed by atoms with E-state index < -0.39 is 0 Å². The van der Waals surface area contributed by atoms with Crippen LogP contribution in [0, 0.1) is 0 Å². The normalized spacial score (nSPS) is 23.9. The van der Waals surface area contributed by atoms with Gasteiger partial charge in [-0.05, 0) is 41.4 Å². The molecule has 0 amide bonds. The fraction of sp³-hybridized carbons (Fsp3) is 0.500. The van der Waals surface area contributed by atoms with E-state index in [1.165, 1.54) is 0 Å². The Labute approximate surface area is 127 Å². The van der Waals surface area contributed by atoms with Crippen molar-refractivity contribution in [3.05, 3.63) is 28.2 Å². The van der Waals surface area contributed by atoms with Gasteiger partial charge in [-0.3, -0.25) is 0 Å². The monoisotopic (exact) mass is 341 g/mol. The maximum atomic E-state index is 9.01. The Morgan fingerprint density at radius 3 is 3.00 bits per heavy atom. The van der Waals surface area contributed by atoms with Crippen molar-refractivity contribution in [2.45, 2.75) is 32.4 Å². The molecule has 1 fully saturated rings. The van der Waals surface area contributed by atoms with Gasteiger partial charge in [-0.25, -0.2) is 0 Å². The maximum absolute atomic E-state index is 9.01. The molecule has 0 spiro atoms. The first-order chi connectivity index (χ1) is 9.58. The van der Waals surface area contributed by atoms with E-state index in [-0.39, 0.29) is 11.9 Å². The molecule has 1 aliphatic heterocycles. The molecule has 110 valence electrons. The van der Waals surface area contributed by atoms with Crippen molar-refractivity contribution in [2.24, 2.45) is 10.9 Å². The lowest BCUT2D eigenvalue weighted by atomic mass is 10.1. The zero-order valence-corrected chi connectivity index (χ0v) is 13.3. The van der Waals surface area contributed by atoms with E-state index in [1.807, 2.05) is 18.2 Å². The number of hydrogen-bond acceptors (Lipinski definition) is 4. The largest absolute Gasteiger partial charge is 0.409 e. The maximum Gasteiger partial charge on any atom is 0.173 e. The molecule has 6 heteroatoms. The SMILES string of the molecule is CCC1COC(C)CN1c1cccc(Br)c1/C(N)=N/O. The third kappa shape index (κ3) is 2.91. The Morgan fingerprint density at radius 1 is 1.60 bits per heavy atom. The Morgan fingerprint density at radius 2 is 2.35 bits per heavy atom. The minimum atomic E-state index is 0.112. The van der Waals surface area contributed by atoms with Crippen LogP contribution in [0.2, 0.25) is 0 Å². The zero-order valence-electron chi connectivity index (χ0n) is 11.7. The highest BCUT2D eigenvalue weighted by atomic mass is 79.9. The van der Waals surface area contributed by atoms with Crippen molar-refractivity contribution in [1.82, 2.24) is 0 Å². The van der Waals surface area contributed by atoms with E-state index in [1.54, 1.807) is 0 Å². The van der Waals surface area contributed by atoms with Crippen LogP contribution in [0.1, 0.15) is 25.8 Å². The highest BCUT2D eigenvalue weighted by Gasteiger charge is 2.28. The smallest absolute Gasteiger partial charge is 0.173 e. The van der Waals surface area contributed by atoms with Crippen LogP contribution in [0.25, 0.3) is 0 Å². The number of benzene rings is 1. The third-order valence-corrected chi connectivity index (χ3v) is 4.26. The summed E-state index contributed by atoms with van der Waals surface area (Å²) in [6.07, 6.45) is 1.14. The second-order valence-corrected chi connectivity index (χ2v) is 5.83. The number of halogens is 1. The molecule has 1 aromatic carbocycles. The molecule has 2 rings (SSSR count). The predicted molar refractivity (Wildman–Crippen MR) is 83.5 cm³/mol. The summed E-state index contributed by atoms with van der Waals surface area (Å²) in [4.78, 5) is 2.28. The van der Waals surface area contributed by atoms with E-state index in [0.717, 1.165) is 28.7 Å². The van der Waals surface area contributed by atoms with Crippen LogP contribution in [0.4, 0.5) is 5.69 Å². The van der Waals surface area contributed by atoms with Gasteiger partial charge < -0.3 is 20.6 Å². The predicted octanol–water partition coefficient (Wildman–Crippen LogP) is 2.55. The number of nitrogens with zero attached hydrogens (tertiary/aromatic N) is 2. The quantitative estimate of drug-likeness (QED) is 0.383. The van der Waals surface area contributed by atoms with Gasteiger partial charge in [-0.2, -0.15) is 0 Å². The van der Waals surface area contributed by atoms with E-state index in [9.17, 15) is 0 Å². The van der Waals surface area contributed by atoms with Gasteiger partial charge in [0.2, 0.25) is 0 Å². The molecule has 1 saturated heterocycles. The summed E-state index contributed by atoms with van der Waals surface area (Å²) in [6, 6.07) is 6.15. The number of oxime groups is 1. The zero-order chi connectivity index (χ0) is 14.7. The van der Waals surface area contributed by atoms with Gasteiger partial charge in [0.25, 0.3) is 0 Å². The molecular formula is C14H20BrN3O2. The van der Waals surface area contributed by atoms with Gasteiger partial charge >= 0.3 is 0 Å². The van der Waals surface area contributed by atoms with Gasteiger partial charge in [-0.15, -0.1) is 0 Å². The molecule has 3 N–H and O–H groups in total. The summed E-state index contributed by atoms with van der Waals surface area (Å²) in [6.45, 7) is 5.68. The van der Waals surface area contributed by atoms with Crippen LogP contribution in [-0.2, 0) is 4.74 Å². The number of ether oxygens (including phenoxy) is 1. The third-order valence-electron chi connectivity index (χ3n) is 3.60. The molecule has 1 aromatic rings. The van der Waals surface area contributed by atoms with E-state index >= 15 is 0 Å². The molecule has 0 aromatic heterocycles. The Balaban J connectivity index is 2.47. The molecule has 0 saturated carbocycles. The summed E-state index contributed by atoms with van der Waals surface area (Å²) >= 11 is 3.48. The van der Waals surface area contributed by atoms with E-state index in [0.29, 0.717) is 12.6 Å². The summed E-state index contributed by atoms with van der Waals surface area (Å²) < 4.78 is 6.54. The van der Waals surface area contributed by atoms with Crippen LogP contribution in [-0.4, -0.2) is 36.3 Å². The van der Waals surface area contributed by atoms with Crippen molar-refractivity contribution in [2.75, 3.05) is 18.1 Å². The molecule has 2 unspecified atom stereocenters. The van der Waals surface area contributed by atoms with E-state index in [4.69, 9.17) is 15.7 Å². The van der Waals surface area contributed by atoms with Crippen molar-refractivity contribution >= 4 is 27.5 Å². The number of rotatable bonds is 3. The summed E-state index contributed by atoms with van der Waals surface area (Å²) in [5.74, 6) is 0.112. The number of morpholine rings is 1. The lowest BCUT2D eigenvalue weighted by Crippen LogP contribution is -2.49. The van der Waals surface area contributed by atoms with Crippen LogP contribution in [0.3, 0.4) is 0 Å². The first kappa shape index (κ1) is 15.1. The highest BCUT2D eigenvalue weighted by Crippen LogP contribution is 2.31. The number of amidine groups is 1. The number of hydrogen-bond donors (Lipinski definition) is 2. The fourth-order valence-corrected chi connectivity index (χ4v) is 3.09. The van der Waals surface area contributed by atoms with Crippen LogP contribution in [0.15, 0.2) is 27.8 Å². The Hall–Kier alpha value is -1.27. The van der Waals surface area contributed by atoms with Gasteiger partial charge in [0.15, 0.2) is 5.84 Å². The summed E-state index contributed by atoms with van der Waals surface area (Å²) in [5.41, 5.74) is 7.53. The minimum absolute atomic E-state index is 0.112. The molecular weight excluding hydrogens is 322 g/mol. The van der Waals surface area contributed by atoms with Gasteiger partial charge in [0.05, 0.1) is 24.3 Å². The van der Waals surface area contributed by atoms with Crippen molar-refractivity contribution < 1.29 is 9.94 Å². The molecule has 1 aliphatic rings. The highest BCUT2D eigenvalue weighted by molar-refractivity contribution is 9.10. The minimum Gasteiger partial charge on any atom is -0.409 e. The van der Waals surface area contributed by atoms with E-state index in [2.05, 4.69) is 39.8 Å². The molecule has 0 aliphatic carbocycles. The van der Waals surface area contributed by atoms with Crippen LogP contribution >= 0.6 is 15.9 Å². The average Bonchev–Trinajstić information content (AvgIpc) is 2.46. The van der Waals surface area contributed by atoms with Gasteiger partial charge in [0, 0.05) is 16.7 Å². The second-order valence-electron chi connectivity index (χ2n) is 4.98. The number of anilines is 1. The lowest BCUT2D eigenvalue weighted by molar-refractivity contribution is 0.0299. The first-order valence-corrected chi connectivity index (χ1v) is 7.52. The fourth-order valence-electron chi connectivity index (χ4n) is 2.53. The topological polar surface area (TPSA) is 71.1 Å². The molecule has 0 radical (unpaired) electrons. The molecule has 5 nitrogen and oxygen atoms in total. The summed E-state index contributed by atoms with van der Waals surface area (Å²) in [7, 11) is 0. The van der Waals surface area contributed by atoms with Gasteiger partial charge in [0.1, 0.15) is 0 Å². The first-order valence-electron chi connectivity index (χ1n) is 6.73. The van der Waals surface area contributed by atoms with Crippen LogP contribution in [0.5, 0.6) is 0 Å². The standard InChI is InChI=1S/C14H20BrN3O2/c1-3-10-8-20-9(2)7-18(10)12-6-4-5-11(15)13(12)14(16)17-19/h4-6,9-10,19H,3,7-8H2,1-2H3,(H2,16,17). The van der Waals surface area contributed by atoms with Crippen molar-refractivity contribution in [1.29, 1.82) is 0 Å². The molecule has 20 heavy (non-hydrogen) atoms. The second kappa shape index (κ2) is 6.45. The van der Waals surface area contributed by atoms with Crippen molar-refractivity contribution in [3.63, 3.8) is 0 Å². The average molecular weight is 342 g/mol. The number of nitrogens with two attached hydrogens (primary N) is 1. The Bertz CT molecular complexity index is 507. The molecule has 1 heterocycles.